The Morgan fingerprint density at radius 3 is 2.48 bits per heavy atom. The quantitative estimate of drug-likeness (QED) is 0.727. The summed E-state index contributed by atoms with van der Waals surface area (Å²) in [7, 11) is -3.34. The second-order valence-corrected chi connectivity index (χ2v) is 9.28. The molecule has 1 aliphatic heterocycles. The van der Waals surface area contributed by atoms with Gasteiger partial charge < -0.3 is 10.1 Å². The van der Waals surface area contributed by atoms with E-state index in [4.69, 9.17) is 4.74 Å². The summed E-state index contributed by atoms with van der Waals surface area (Å²) in [5.41, 5.74) is 0.971. The van der Waals surface area contributed by atoms with Crippen molar-refractivity contribution in [1.29, 1.82) is 0 Å². The molecule has 1 aliphatic carbocycles. The van der Waals surface area contributed by atoms with Crippen LogP contribution in [0.2, 0.25) is 0 Å². The number of ether oxygens (including phenoxy) is 1. The second kappa shape index (κ2) is 9.48. The van der Waals surface area contributed by atoms with E-state index in [0.29, 0.717) is 32.5 Å². The smallest absolute Gasteiger partial charge is 0.244 e. The van der Waals surface area contributed by atoms with Crippen molar-refractivity contribution < 1.29 is 17.9 Å². The molecule has 0 bridgehead atoms. The zero-order valence-corrected chi connectivity index (χ0v) is 16.3. The van der Waals surface area contributed by atoms with Gasteiger partial charge in [-0.05, 0) is 50.2 Å². The first-order chi connectivity index (χ1) is 13.0. The largest absolute Gasteiger partial charge is 0.381 e. The van der Waals surface area contributed by atoms with Gasteiger partial charge in [0.25, 0.3) is 0 Å². The van der Waals surface area contributed by atoms with Gasteiger partial charge in [-0.1, -0.05) is 30.3 Å². The molecule has 1 saturated carbocycles. The summed E-state index contributed by atoms with van der Waals surface area (Å²) in [4.78, 5) is 12.2. The fourth-order valence-corrected chi connectivity index (χ4v) is 5.41. The van der Waals surface area contributed by atoms with Gasteiger partial charge >= 0.3 is 0 Å². The second-order valence-electron chi connectivity index (χ2n) is 7.29. The van der Waals surface area contributed by atoms with Gasteiger partial charge in [-0.3, -0.25) is 4.79 Å². The lowest BCUT2D eigenvalue weighted by atomic mass is 9.91. The van der Waals surface area contributed by atoms with Crippen LogP contribution in [-0.4, -0.2) is 44.9 Å². The van der Waals surface area contributed by atoms with Crippen LogP contribution in [0.3, 0.4) is 0 Å². The molecule has 1 saturated heterocycles. The third-order valence-corrected chi connectivity index (χ3v) is 7.20. The Morgan fingerprint density at radius 2 is 1.74 bits per heavy atom. The van der Waals surface area contributed by atoms with Crippen molar-refractivity contribution in [3.8, 4) is 0 Å². The summed E-state index contributed by atoms with van der Waals surface area (Å²) in [6, 6.07) is 9.53. The van der Waals surface area contributed by atoms with Crippen molar-refractivity contribution in [3.63, 3.8) is 0 Å². The molecule has 0 spiro atoms. The van der Waals surface area contributed by atoms with Gasteiger partial charge in [0, 0.05) is 31.4 Å². The molecular weight excluding hydrogens is 364 g/mol. The van der Waals surface area contributed by atoms with Crippen LogP contribution in [0, 0.1) is 0 Å². The van der Waals surface area contributed by atoms with Gasteiger partial charge in [0.2, 0.25) is 15.9 Å². The van der Waals surface area contributed by atoms with Crippen LogP contribution in [-0.2, 0) is 19.6 Å². The van der Waals surface area contributed by atoms with E-state index in [1.165, 1.54) is 6.08 Å². The number of amides is 1. The van der Waals surface area contributed by atoms with E-state index in [1.807, 2.05) is 30.3 Å². The fourth-order valence-electron chi connectivity index (χ4n) is 3.73. The number of carbonyl (C=O) groups is 1. The average molecular weight is 393 g/mol. The van der Waals surface area contributed by atoms with E-state index in [9.17, 15) is 13.2 Å². The van der Waals surface area contributed by atoms with Gasteiger partial charge in [-0.15, -0.1) is 0 Å². The number of nitrogens with one attached hydrogen (secondary N) is 2. The molecule has 6 nitrogen and oxygen atoms in total. The van der Waals surface area contributed by atoms with E-state index in [1.54, 1.807) is 6.08 Å². The van der Waals surface area contributed by atoms with Crippen LogP contribution >= 0.6 is 0 Å². The highest BCUT2D eigenvalue weighted by Gasteiger charge is 2.32. The fraction of sp³-hybridized carbons (Fsp3) is 0.550. The topological polar surface area (TPSA) is 84.5 Å². The summed E-state index contributed by atoms with van der Waals surface area (Å²) in [5.74, 6) is -0.142. The first-order valence-electron chi connectivity index (χ1n) is 9.65. The van der Waals surface area contributed by atoms with E-state index in [2.05, 4.69) is 10.0 Å². The molecule has 0 unspecified atom stereocenters. The minimum atomic E-state index is -3.34. The van der Waals surface area contributed by atoms with Crippen molar-refractivity contribution in [2.45, 2.75) is 55.9 Å². The molecule has 7 heteroatoms. The standard InChI is InChI=1S/C20H28N2O4S/c23-20(10-9-16-5-2-1-3-6-16)21-17-7-4-8-18(15-17)22-27(24,25)19-11-13-26-14-12-19/h1-3,5-6,9-10,17-19,22H,4,7-8,11-15H2,(H,21,23)/t17-,18-/m1/s1. The Kier molecular flexibility index (Phi) is 7.04. The highest BCUT2D eigenvalue weighted by atomic mass is 32.2. The van der Waals surface area contributed by atoms with Crippen LogP contribution < -0.4 is 10.0 Å². The number of benzene rings is 1. The lowest BCUT2D eigenvalue weighted by Gasteiger charge is -2.31. The first-order valence-corrected chi connectivity index (χ1v) is 11.2. The monoisotopic (exact) mass is 392 g/mol. The summed E-state index contributed by atoms with van der Waals surface area (Å²) in [5, 5.41) is 2.64. The number of sulfonamides is 1. The Hall–Kier alpha value is -1.70. The Bertz CT molecular complexity index is 743. The van der Waals surface area contributed by atoms with Crippen LogP contribution in [0.25, 0.3) is 6.08 Å². The maximum atomic E-state index is 12.6. The lowest BCUT2D eigenvalue weighted by Crippen LogP contribution is -2.48. The molecule has 2 N–H and O–H groups in total. The van der Waals surface area contributed by atoms with E-state index >= 15 is 0 Å². The molecular formula is C20H28N2O4S. The van der Waals surface area contributed by atoms with Crippen molar-refractivity contribution >= 4 is 22.0 Å². The highest BCUT2D eigenvalue weighted by molar-refractivity contribution is 7.90. The molecule has 1 amide bonds. The van der Waals surface area contributed by atoms with Gasteiger partial charge in [0.15, 0.2) is 0 Å². The molecule has 2 atom stereocenters. The van der Waals surface area contributed by atoms with E-state index in [0.717, 1.165) is 24.8 Å². The highest BCUT2D eigenvalue weighted by Crippen LogP contribution is 2.22. The molecule has 27 heavy (non-hydrogen) atoms. The summed E-state index contributed by atoms with van der Waals surface area (Å²) in [6.45, 7) is 1.01. The van der Waals surface area contributed by atoms with Crippen LogP contribution in [0.1, 0.15) is 44.1 Å². The molecule has 1 aromatic rings. The van der Waals surface area contributed by atoms with Crippen LogP contribution in [0.5, 0.6) is 0 Å². The molecule has 1 aromatic carbocycles. The van der Waals surface area contributed by atoms with Crippen molar-refractivity contribution in [3.05, 3.63) is 42.0 Å². The number of carbonyl (C=O) groups excluding carboxylic acids is 1. The normalized spacial score (nSPS) is 24.7. The van der Waals surface area contributed by atoms with Crippen LogP contribution in [0.15, 0.2) is 36.4 Å². The van der Waals surface area contributed by atoms with Crippen LogP contribution in [0.4, 0.5) is 0 Å². The minimum Gasteiger partial charge on any atom is -0.381 e. The minimum absolute atomic E-state index is 0.00550. The molecule has 2 aliphatic rings. The number of hydrogen-bond donors (Lipinski definition) is 2. The van der Waals surface area contributed by atoms with Gasteiger partial charge in [0.05, 0.1) is 5.25 Å². The van der Waals surface area contributed by atoms with Crippen molar-refractivity contribution in [1.82, 2.24) is 10.0 Å². The third kappa shape index (κ3) is 6.16. The molecule has 1 heterocycles. The van der Waals surface area contributed by atoms with E-state index < -0.39 is 10.0 Å². The van der Waals surface area contributed by atoms with Crippen molar-refractivity contribution in [2.24, 2.45) is 0 Å². The lowest BCUT2D eigenvalue weighted by molar-refractivity contribution is -0.117. The summed E-state index contributed by atoms with van der Waals surface area (Å²) >= 11 is 0. The molecule has 148 valence electrons. The summed E-state index contributed by atoms with van der Waals surface area (Å²) in [6.07, 6.45) is 7.63. The Morgan fingerprint density at radius 1 is 1.04 bits per heavy atom. The first kappa shape index (κ1) is 20.0. The molecule has 3 rings (SSSR count). The number of rotatable bonds is 6. The van der Waals surface area contributed by atoms with E-state index in [-0.39, 0.29) is 23.2 Å². The maximum Gasteiger partial charge on any atom is 0.244 e. The van der Waals surface area contributed by atoms with Gasteiger partial charge in [-0.25, -0.2) is 13.1 Å². The van der Waals surface area contributed by atoms with Gasteiger partial charge in [-0.2, -0.15) is 0 Å². The SMILES string of the molecule is O=C(C=Cc1ccccc1)N[C@@H]1CCC[C@@H](NS(=O)(=O)C2CCOCC2)C1. The zero-order chi connectivity index (χ0) is 19.1. The summed E-state index contributed by atoms with van der Waals surface area (Å²) < 4.78 is 33.3. The third-order valence-electron chi connectivity index (χ3n) is 5.19. The Labute approximate surface area is 161 Å². The maximum absolute atomic E-state index is 12.6. The zero-order valence-electron chi connectivity index (χ0n) is 15.5. The average Bonchev–Trinajstić information content (AvgIpc) is 2.68. The predicted molar refractivity (Wildman–Crippen MR) is 106 cm³/mol. The molecule has 0 aromatic heterocycles. The van der Waals surface area contributed by atoms with Crippen molar-refractivity contribution in [2.75, 3.05) is 13.2 Å². The Balaban J connectivity index is 1.50. The number of hydrogen-bond acceptors (Lipinski definition) is 4. The molecule has 2 fully saturated rings. The molecule has 0 radical (unpaired) electrons. The predicted octanol–water partition coefficient (Wildman–Crippen LogP) is 2.23. The van der Waals surface area contributed by atoms with Gasteiger partial charge in [0.1, 0.15) is 0 Å².